The smallest absolute Gasteiger partial charge is 0.240 e. The largest absolute Gasteiger partial charge is 0.467 e. The molecule has 4 rings (SSSR count). The van der Waals surface area contributed by atoms with E-state index < -0.39 is 10.0 Å². The van der Waals surface area contributed by atoms with Gasteiger partial charge in [-0.3, -0.25) is 4.68 Å². The van der Waals surface area contributed by atoms with E-state index in [4.69, 9.17) is 4.42 Å². The van der Waals surface area contributed by atoms with E-state index in [0.717, 1.165) is 24.8 Å². The highest BCUT2D eigenvalue weighted by atomic mass is 32.2. The predicted octanol–water partition coefficient (Wildman–Crippen LogP) is 2.92. The summed E-state index contributed by atoms with van der Waals surface area (Å²) in [5.41, 5.74) is 2.41. The van der Waals surface area contributed by atoms with Crippen molar-refractivity contribution in [3.63, 3.8) is 0 Å². The highest BCUT2D eigenvalue weighted by Crippen LogP contribution is 2.24. The van der Waals surface area contributed by atoms with Crippen LogP contribution in [-0.2, 0) is 22.9 Å². The summed E-state index contributed by atoms with van der Waals surface area (Å²) in [6.45, 7) is 0.161. The number of furan rings is 1. The van der Waals surface area contributed by atoms with Gasteiger partial charge < -0.3 is 4.42 Å². The van der Waals surface area contributed by atoms with E-state index in [0.29, 0.717) is 10.7 Å². The van der Waals surface area contributed by atoms with Crippen LogP contribution in [0.5, 0.6) is 0 Å². The molecule has 3 aromatic rings. The van der Waals surface area contributed by atoms with E-state index in [-0.39, 0.29) is 12.6 Å². The van der Waals surface area contributed by atoms with Gasteiger partial charge in [-0.05, 0) is 67.1 Å². The fourth-order valence-corrected chi connectivity index (χ4v) is 4.51. The SMILES string of the molecule is O=S(=O)(NCC(c1ccco1)n1cccn1)c1ccc2c(c1)CCCC2. The molecule has 0 saturated heterocycles. The maximum absolute atomic E-state index is 12.8. The van der Waals surface area contributed by atoms with Crippen LogP contribution in [0.25, 0.3) is 0 Å². The molecule has 1 unspecified atom stereocenters. The highest BCUT2D eigenvalue weighted by molar-refractivity contribution is 7.89. The number of aryl methyl sites for hydroxylation is 2. The molecule has 1 N–H and O–H groups in total. The lowest BCUT2D eigenvalue weighted by Crippen LogP contribution is -2.31. The molecule has 6 nitrogen and oxygen atoms in total. The lowest BCUT2D eigenvalue weighted by molar-refractivity contribution is 0.402. The van der Waals surface area contributed by atoms with Crippen LogP contribution in [0.15, 0.2) is 64.4 Å². The Morgan fingerprint density at radius 2 is 2.00 bits per heavy atom. The zero-order valence-electron chi connectivity index (χ0n) is 14.3. The average Bonchev–Trinajstić information content (AvgIpc) is 3.36. The van der Waals surface area contributed by atoms with Crippen LogP contribution in [0.2, 0.25) is 0 Å². The second-order valence-corrected chi connectivity index (χ2v) is 8.27. The Morgan fingerprint density at radius 1 is 1.15 bits per heavy atom. The molecule has 1 aliphatic carbocycles. The minimum atomic E-state index is -3.60. The summed E-state index contributed by atoms with van der Waals surface area (Å²) >= 11 is 0. The predicted molar refractivity (Wildman–Crippen MR) is 97.3 cm³/mol. The molecule has 7 heteroatoms. The number of sulfonamides is 1. The Morgan fingerprint density at radius 3 is 2.73 bits per heavy atom. The number of rotatable bonds is 6. The van der Waals surface area contributed by atoms with Crippen molar-refractivity contribution in [2.24, 2.45) is 0 Å². The maximum atomic E-state index is 12.8. The molecule has 0 aliphatic heterocycles. The first-order chi connectivity index (χ1) is 12.6. The molecule has 0 spiro atoms. The lowest BCUT2D eigenvalue weighted by atomic mass is 9.92. The Balaban J connectivity index is 1.55. The molecule has 136 valence electrons. The third-order valence-electron chi connectivity index (χ3n) is 4.81. The molecular formula is C19H21N3O3S. The zero-order chi connectivity index (χ0) is 18.0. The van der Waals surface area contributed by atoms with E-state index in [1.807, 2.05) is 18.2 Å². The summed E-state index contributed by atoms with van der Waals surface area (Å²) in [5.74, 6) is 0.654. The van der Waals surface area contributed by atoms with Gasteiger partial charge in [-0.1, -0.05) is 6.07 Å². The van der Waals surface area contributed by atoms with Crippen molar-refractivity contribution in [3.05, 3.63) is 71.9 Å². The molecule has 0 radical (unpaired) electrons. The molecule has 0 bridgehead atoms. The standard InChI is InChI=1S/C19H21N3O3S/c23-26(24,17-9-8-15-5-1-2-6-16(15)13-17)21-14-18(19-7-3-12-25-19)22-11-4-10-20-22/h3-4,7-13,18,21H,1-2,5-6,14H2. The minimum absolute atomic E-state index is 0.161. The summed E-state index contributed by atoms with van der Waals surface area (Å²) in [6.07, 6.45) is 9.29. The summed E-state index contributed by atoms with van der Waals surface area (Å²) in [4.78, 5) is 0.316. The summed E-state index contributed by atoms with van der Waals surface area (Å²) in [6, 6.07) is 10.5. The van der Waals surface area contributed by atoms with Crippen LogP contribution < -0.4 is 4.72 Å². The van der Waals surface area contributed by atoms with Crippen molar-refractivity contribution >= 4 is 10.0 Å². The maximum Gasteiger partial charge on any atom is 0.240 e. The molecule has 1 aliphatic rings. The van der Waals surface area contributed by atoms with Crippen LogP contribution in [0.4, 0.5) is 0 Å². The summed E-state index contributed by atoms with van der Waals surface area (Å²) in [7, 11) is -3.60. The Kier molecular flexibility index (Phi) is 4.65. The van der Waals surface area contributed by atoms with Gasteiger partial charge in [-0.25, -0.2) is 13.1 Å². The molecule has 1 atom stereocenters. The molecule has 0 saturated carbocycles. The van der Waals surface area contributed by atoms with E-state index in [1.54, 1.807) is 41.5 Å². The third kappa shape index (κ3) is 3.45. The third-order valence-corrected chi connectivity index (χ3v) is 6.23. The number of hydrogen-bond donors (Lipinski definition) is 1. The molecule has 2 aromatic heterocycles. The van der Waals surface area contributed by atoms with Crippen molar-refractivity contribution in [3.8, 4) is 0 Å². The van der Waals surface area contributed by atoms with Crippen LogP contribution in [0, 0.1) is 0 Å². The van der Waals surface area contributed by atoms with Crippen LogP contribution in [0.3, 0.4) is 0 Å². The van der Waals surface area contributed by atoms with Gasteiger partial charge in [0.2, 0.25) is 10.0 Å². The van der Waals surface area contributed by atoms with Gasteiger partial charge in [0.1, 0.15) is 11.8 Å². The number of hydrogen-bond acceptors (Lipinski definition) is 4. The Bertz CT molecular complexity index is 929. The molecule has 0 amide bonds. The van der Waals surface area contributed by atoms with E-state index in [9.17, 15) is 8.42 Å². The van der Waals surface area contributed by atoms with Crippen molar-refractivity contribution < 1.29 is 12.8 Å². The Labute approximate surface area is 152 Å². The first-order valence-electron chi connectivity index (χ1n) is 8.77. The van der Waals surface area contributed by atoms with Gasteiger partial charge in [-0.2, -0.15) is 5.10 Å². The van der Waals surface area contributed by atoms with Crippen LogP contribution in [0.1, 0.15) is 35.8 Å². The molecule has 0 fully saturated rings. The lowest BCUT2D eigenvalue weighted by Gasteiger charge is -2.18. The number of nitrogens with zero attached hydrogens (tertiary/aromatic N) is 2. The molecule has 26 heavy (non-hydrogen) atoms. The quantitative estimate of drug-likeness (QED) is 0.723. The molecule has 1 aromatic carbocycles. The second kappa shape index (κ2) is 7.09. The van der Waals surface area contributed by atoms with Gasteiger partial charge in [0.15, 0.2) is 0 Å². The van der Waals surface area contributed by atoms with Crippen molar-refractivity contribution in [2.45, 2.75) is 36.6 Å². The highest BCUT2D eigenvalue weighted by Gasteiger charge is 2.22. The van der Waals surface area contributed by atoms with E-state index in [2.05, 4.69) is 9.82 Å². The second-order valence-electron chi connectivity index (χ2n) is 6.51. The monoisotopic (exact) mass is 371 g/mol. The van der Waals surface area contributed by atoms with Gasteiger partial charge in [-0.15, -0.1) is 0 Å². The van der Waals surface area contributed by atoms with Gasteiger partial charge in [0, 0.05) is 18.9 Å². The number of fused-ring (bicyclic) bond motifs is 1. The van der Waals surface area contributed by atoms with Crippen LogP contribution in [-0.4, -0.2) is 24.7 Å². The van der Waals surface area contributed by atoms with Crippen molar-refractivity contribution in [1.29, 1.82) is 0 Å². The molecule has 2 heterocycles. The van der Waals surface area contributed by atoms with Gasteiger partial charge in [0.05, 0.1) is 11.2 Å². The Hall–Kier alpha value is -2.38. The first-order valence-corrected chi connectivity index (χ1v) is 10.3. The van der Waals surface area contributed by atoms with Crippen molar-refractivity contribution in [2.75, 3.05) is 6.54 Å². The van der Waals surface area contributed by atoms with E-state index >= 15 is 0 Å². The number of nitrogens with one attached hydrogen (secondary N) is 1. The summed E-state index contributed by atoms with van der Waals surface area (Å²) in [5, 5.41) is 4.23. The zero-order valence-corrected chi connectivity index (χ0v) is 15.2. The fourth-order valence-electron chi connectivity index (χ4n) is 3.42. The van der Waals surface area contributed by atoms with Gasteiger partial charge >= 0.3 is 0 Å². The fraction of sp³-hybridized carbons (Fsp3) is 0.316. The van der Waals surface area contributed by atoms with Crippen molar-refractivity contribution in [1.82, 2.24) is 14.5 Å². The topological polar surface area (TPSA) is 77.1 Å². The number of benzene rings is 1. The summed E-state index contributed by atoms with van der Waals surface area (Å²) < 4.78 is 35.4. The van der Waals surface area contributed by atoms with Gasteiger partial charge in [0.25, 0.3) is 0 Å². The minimum Gasteiger partial charge on any atom is -0.467 e. The van der Waals surface area contributed by atoms with Crippen LogP contribution >= 0.6 is 0 Å². The molecular weight excluding hydrogens is 350 g/mol. The first kappa shape index (κ1) is 17.1. The average molecular weight is 371 g/mol. The normalized spacial score (nSPS) is 15.5. The number of aromatic nitrogens is 2. The van der Waals surface area contributed by atoms with E-state index in [1.165, 1.54) is 12.0 Å².